The van der Waals surface area contributed by atoms with Crippen molar-refractivity contribution in [3.63, 3.8) is 0 Å². The van der Waals surface area contributed by atoms with E-state index in [1.54, 1.807) is 0 Å². The average Bonchev–Trinajstić information content (AvgIpc) is 3.21. The third kappa shape index (κ3) is 5.94. The summed E-state index contributed by atoms with van der Waals surface area (Å²) in [5.74, 6) is 0.704. The van der Waals surface area contributed by atoms with Crippen LogP contribution >= 0.6 is 0 Å². The zero-order valence-corrected chi connectivity index (χ0v) is 28.0. The van der Waals surface area contributed by atoms with E-state index in [2.05, 4.69) is 140 Å². The SMILES string of the molecule is Cc1cc(-c2ccccc2)nc2c1ccc1ccc(-c3cccc(-c4cccc(-c5cc(-c6ccccc6)nc(-c6ccccc6)n5)c4)c3)nc12. The molecule has 0 unspecified atom stereocenters. The van der Waals surface area contributed by atoms with Crippen molar-refractivity contribution in [3.8, 4) is 67.5 Å². The Hall–Kier alpha value is -6.78. The second-order valence-corrected chi connectivity index (χ2v) is 12.8. The maximum absolute atomic E-state index is 5.25. The standard InChI is InChI=1S/C47H32N4/c1-31-27-42(32-13-5-2-6-14-32)49-46-40(31)25-23-34-24-26-41(48-45(34)46)38-21-11-19-36(28-38)37-20-12-22-39(29-37)44-30-43(33-15-7-3-8-16-33)50-47(51-44)35-17-9-4-10-18-35/h2-30H,1H3. The number of pyridine rings is 2. The van der Waals surface area contributed by atoms with Crippen molar-refractivity contribution in [2.24, 2.45) is 0 Å². The first-order valence-corrected chi connectivity index (χ1v) is 17.1. The molecule has 0 fully saturated rings. The minimum atomic E-state index is 0.704. The second-order valence-electron chi connectivity index (χ2n) is 12.8. The van der Waals surface area contributed by atoms with E-state index in [4.69, 9.17) is 19.9 Å². The summed E-state index contributed by atoms with van der Waals surface area (Å²) >= 11 is 0. The number of hydrogen-bond acceptors (Lipinski definition) is 4. The molecule has 0 N–H and O–H groups in total. The molecule has 9 rings (SSSR count). The van der Waals surface area contributed by atoms with Gasteiger partial charge in [-0.3, -0.25) is 0 Å². The van der Waals surface area contributed by atoms with Gasteiger partial charge in [-0.15, -0.1) is 0 Å². The number of aryl methyl sites for hydroxylation is 1. The molecule has 4 nitrogen and oxygen atoms in total. The predicted octanol–water partition coefficient (Wildman–Crippen LogP) is 11.9. The van der Waals surface area contributed by atoms with Crippen molar-refractivity contribution in [3.05, 3.63) is 181 Å². The van der Waals surface area contributed by atoms with E-state index >= 15 is 0 Å². The molecule has 3 aromatic heterocycles. The topological polar surface area (TPSA) is 51.6 Å². The van der Waals surface area contributed by atoms with Gasteiger partial charge in [-0.2, -0.15) is 0 Å². The minimum Gasteiger partial charge on any atom is -0.245 e. The molecule has 3 heterocycles. The summed E-state index contributed by atoms with van der Waals surface area (Å²) in [7, 11) is 0. The average molecular weight is 653 g/mol. The van der Waals surface area contributed by atoms with Gasteiger partial charge in [0.1, 0.15) is 0 Å². The molecule has 0 amide bonds. The number of fused-ring (bicyclic) bond motifs is 3. The summed E-state index contributed by atoms with van der Waals surface area (Å²) in [5.41, 5.74) is 14.1. The van der Waals surface area contributed by atoms with Crippen LogP contribution in [0.3, 0.4) is 0 Å². The van der Waals surface area contributed by atoms with Gasteiger partial charge >= 0.3 is 0 Å². The summed E-state index contributed by atoms with van der Waals surface area (Å²) in [5, 5.41) is 2.19. The lowest BCUT2D eigenvalue weighted by Crippen LogP contribution is -1.96. The molecule has 0 aliphatic rings. The van der Waals surface area contributed by atoms with Gasteiger partial charge in [0.05, 0.1) is 33.8 Å². The lowest BCUT2D eigenvalue weighted by Gasteiger charge is -2.12. The van der Waals surface area contributed by atoms with Crippen LogP contribution in [0.1, 0.15) is 5.56 Å². The molecule has 6 aromatic carbocycles. The highest BCUT2D eigenvalue weighted by atomic mass is 14.9. The summed E-state index contributed by atoms with van der Waals surface area (Å²) < 4.78 is 0. The third-order valence-electron chi connectivity index (χ3n) is 9.39. The Morgan fingerprint density at radius 3 is 1.41 bits per heavy atom. The molecular formula is C47H32N4. The molecule has 0 aliphatic carbocycles. The number of aromatic nitrogens is 4. The second kappa shape index (κ2) is 12.9. The number of rotatable bonds is 6. The Bertz CT molecular complexity index is 2630. The molecule has 0 atom stereocenters. The molecular weight excluding hydrogens is 621 g/mol. The van der Waals surface area contributed by atoms with Gasteiger partial charge in [0.25, 0.3) is 0 Å². The molecule has 0 saturated heterocycles. The van der Waals surface area contributed by atoms with Crippen LogP contribution in [0.15, 0.2) is 176 Å². The first-order valence-electron chi connectivity index (χ1n) is 17.1. The lowest BCUT2D eigenvalue weighted by molar-refractivity contribution is 1.18. The fourth-order valence-electron chi connectivity index (χ4n) is 6.74. The van der Waals surface area contributed by atoms with E-state index in [0.717, 1.165) is 83.5 Å². The van der Waals surface area contributed by atoms with Gasteiger partial charge in [-0.05, 0) is 53.9 Å². The van der Waals surface area contributed by atoms with Crippen LogP contribution in [0.2, 0.25) is 0 Å². The number of nitrogens with zero attached hydrogens (tertiary/aromatic N) is 4. The fraction of sp³-hybridized carbons (Fsp3) is 0.0213. The normalized spacial score (nSPS) is 11.2. The summed E-state index contributed by atoms with van der Waals surface area (Å²) in [6, 6.07) is 60.8. The van der Waals surface area contributed by atoms with E-state index in [9.17, 15) is 0 Å². The Morgan fingerprint density at radius 2 is 0.784 bits per heavy atom. The quantitative estimate of drug-likeness (QED) is 0.168. The third-order valence-corrected chi connectivity index (χ3v) is 9.39. The monoisotopic (exact) mass is 652 g/mol. The van der Waals surface area contributed by atoms with Crippen molar-refractivity contribution in [2.45, 2.75) is 6.92 Å². The lowest BCUT2D eigenvalue weighted by atomic mass is 9.98. The van der Waals surface area contributed by atoms with Gasteiger partial charge in [-0.25, -0.2) is 19.9 Å². The highest BCUT2D eigenvalue weighted by Crippen LogP contribution is 2.34. The summed E-state index contributed by atoms with van der Waals surface area (Å²) in [6.07, 6.45) is 0. The van der Waals surface area contributed by atoms with Crippen molar-refractivity contribution in [1.82, 2.24) is 19.9 Å². The van der Waals surface area contributed by atoms with E-state index in [-0.39, 0.29) is 0 Å². The number of benzene rings is 6. The Labute approximate surface area is 296 Å². The largest absolute Gasteiger partial charge is 0.245 e. The maximum atomic E-state index is 5.25. The molecule has 51 heavy (non-hydrogen) atoms. The molecule has 0 bridgehead atoms. The van der Waals surface area contributed by atoms with E-state index in [0.29, 0.717) is 5.82 Å². The fourth-order valence-corrected chi connectivity index (χ4v) is 6.74. The minimum absolute atomic E-state index is 0.704. The first-order chi connectivity index (χ1) is 25.2. The van der Waals surface area contributed by atoms with Crippen molar-refractivity contribution in [2.75, 3.05) is 0 Å². The van der Waals surface area contributed by atoms with Crippen LogP contribution < -0.4 is 0 Å². The Balaban J connectivity index is 1.12. The van der Waals surface area contributed by atoms with E-state index in [1.165, 1.54) is 5.56 Å². The molecule has 240 valence electrons. The van der Waals surface area contributed by atoms with Crippen LogP contribution in [0.5, 0.6) is 0 Å². The number of hydrogen-bond donors (Lipinski definition) is 0. The first kappa shape index (κ1) is 30.3. The van der Waals surface area contributed by atoms with Crippen LogP contribution in [-0.2, 0) is 0 Å². The highest BCUT2D eigenvalue weighted by Gasteiger charge is 2.14. The zero-order valence-electron chi connectivity index (χ0n) is 28.0. The smallest absolute Gasteiger partial charge is 0.160 e. The van der Waals surface area contributed by atoms with Gasteiger partial charge in [0.2, 0.25) is 0 Å². The molecule has 0 spiro atoms. The summed E-state index contributed by atoms with van der Waals surface area (Å²) in [4.78, 5) is 20.4. The van der Waals surface area contributed by atoms with Crippen molar-refractivity contribution >= 4 is 21.8 Å². The maximum Gasteiger partial charge on any atom is 0.160 e. The highest BCUT2D eigenvalue weighted by molar-refractivity contribution is 6.05. The van der Waals surface area contributed by atoms with Crippen LogP contribution in [-0.4, -0.2) is 19.9 Å². The van der Waals surface area contributed by atoms with E-state index < -0.39 is 0 Å². The van der Waals surface area contributed by atoms with Crippen molar-refractivity contribution in [1.29, 1.82) is 0 Å². The molecule has 9 aromatic rings. The van der Waals surface area contributed by atoms with Crippen LogP contribution in [0.25, 0.3) is 89.4 Å². The van der Waals surface area contributed by atoms with E-state index in [1.807, 2.05) is 42.5 Å². The molecule has 0 aliphatic heterocycles. The van der Waals surface area contributed by atoms with Gasteiger partial charge in [0, 0.05) is 38.6 Å². The van der Waals surface area contributed by atoms with Gasteiger partial charge < -0.3 is 0 Å². The zero-order chi connectivity index (χ0) is 34.1. The summed E-state index contributed by atoms with van der Waals surface area (Å²) in [6.45, 7) is 2.15. The molecule has 0 saturated carbocycles. The van der Waals surface area contributed by atoms with Gasteiger partial charge in [-0.1, -0.05) is 146 Å². The predicted molar refractivity (Wildman–Crippen MR) is 210 cm³/mol. The molecule has 4 heteroatoms. The van der Waals surface area contributed by atoms with Crippen LogP contribution in [0.4, 0.5) is 0 Å². The Morgan fingerprint density at radius 1 is 0.314 bits per heavy atom. The van der Waals surface area contributed by atoms with Gasteiger partial charge in [0.15, 0.2) is 5.82 Å². The van der Waals surface area contributed by atoms with Crippen molar-refractivity contribution < 1.29 is 0 Å². The Kier molecular flexibility index (Phi) is 7.67. The molecule has 0 radical (unpaired) electrons. The van der Waals surface area contributed by atoms with Crippen LogP contribution in [0, 0.1) is 6.92 Å².